The van der Waals surface area contributed by atoms with E-state index in [0.717, 1.165) is 44.6 Å². The summed E-state index contributed by atoms with van der Waals surface area (Å²) in [5.41, 5.74) is 5.08. The Hall–Kier alpha value is -2.17. The molecule has 2 aromatic rings. The number of piperidine rings is 1. The Bertz CT molecular complexity index is 996. The highest BCUT2D eigenvalue weighted by Crippen LogP contribution is 2.47. The molecule has 0 aromatic heterocycles. The lowest BCUT2D eigenvalue weighted by Crippen LogP contribution is -2.54. The number of para-hydroxylation sites is 1. The van der Waals surface area contributed by atoms with Gasteiger partial charge in [-0.3, -0.25) is 9.69 Å². The van der Waals surface area contributed by atoms with Crippen molar-refractivity contribution >= 4 is 11.6 Å². The van der Waals surface area contributed by atoms with E-state index < -0.39 is 5.41 Å². The Morgan fingerprint density at radius 2 is 1.69 bits per heavy atom. The van der Waals surface area contributed by atoms with Crippen LogP contribution in [-0.4, -0.2) is 43.5 Å². The lowest BCUT2D eigenvalue weighted by molar-refractivity contribution is -0.123. The molecule has 4 nitrogen and oxygen atoms in total. The van der Waals surface area contributed by atoms with Gasteiger partial charge in [-0.25, -0.2) is 0 Å². The van der Waals surface area contributed by atoms with E-state index in [4.69, 9.17) is 0 Å². The fourth-order valence-electron chi connectivity index (χ4n) is 6.59. The maximum Gasteiger partial charge on any atom is 0.237 e. The standard InChI is InChI=1S/C28H37N3O/c1-27(17-18-29-3)24-12-6-7-13-25(24)31(26(27)32)22-14-19-30(20-15-22)28(2)16-8-10-21-9-4-5-11-23(21)28/h4-7,9,11-13,22,29H,8,10,14-20H2,1-3H3. The van der Waals surface area contributed by atoms with Gasteiger partial charge in [-0.05, 0) is 88.7 Å². The van der Waals surface area contributed by atoms with Gasteiger partial charge in [0.15, 0.2) is 0 Å². The van der Waals surface area contributed by atoms with Crippen molar-refractivity contribution in [1.29, 1.82) is 0 Å². The molecule has 1 aliphatic carbocycles. The summed E-state index contributed by atoms with van der Waals surface area (Å²) < 4.78 is 0. The Labute approximate surface area is 193 Å². The van der Waals surface area contributed by atoms with Crippen LogP contribution in [0.15, 0.2) is 48.5 Å². The third kappa shape index (κ3) is 3.31. The maximum absolute atomic E-state index is 13.8. The molecule has 2 atom stereocenters. The summed E-state index contributed by atoms with van der Waals surface area (Å²) in [5, 5.41) is 3.24. The van der Waals surface area contributed by atoms with Crippen molar-refractivity contribution in [2.75, 3.05) is 31.6 Å². The SMILES string of the molecule is CNCCC1(C)C(=O)N(C2CCN(C3(C)CCCc4ccccc43)CC2)c2ccccc21. The molecule has 4 heteroatoms. The third-order valence-electron chi connectivity index (χ3n) is 8.56. The number of anilines is 1. The highest BCUT2D eigenvalue weighted by atomic mass is 16.2. The zero-order valence-electron chi connectivity index (χ0n) is 19.9. The molecule has 1 saturated heterocycles. The minimum Gasteiger partial charge on any atom is -0.320 e. The molecule has 0 radical (unpaired) electrons. The van der Waals surface area contributed by atoms with Crippen LogP contribution in [0.1, 0.15) is 62.6 Å². The molecule has 1 fully saturated rings. The van der Waals surface area contributed by atoms with Crippen molar-refractivity contribution in [2.45, 2.75) is 69.4 Å². The number of nitrogens with one attached hydrogen (secondary N) is 1. The molecule has 2 unspecified atom stereocenters. The predicted molar refractivity (Wildman–Crippen MR) is 131 cm³/mol. The average molecular weight is 432 g/mol. The van der Waals surface area contributed by atoms with Crippen molar-refractivity contribution in [3.8, 4) is 0 Å². The van der Waals surface area contributed by atoms with Gasteiger partial charge in [-0.15, -0.1) is 0 Å². The van der Waals surface area contributed by atoms with E-state index in [2.05, 4.69) is 77.5 Å². The van der Waals surface area contributed by atoms with Crippen LogP contribution in [0.25, 0.3) is 0 Å². The normalized spacial score (nSPS) is 28.6. The lowest BCUT2D eigenvalue weighted by atomic mass is 9.75. The summed E-state index contributed by atoms with van der Waals surface area (Å²) in [7, 11) is 1.96. The van der Waals surface area contributed by atoms with Crippen molar-refractivity contribution in [3.05, 3.63) is 65.2 Å². The molecule has 32 heavy (non-hydrogen) atoms. The zero-order valence-corrected chi connectivity index (χ0v) is 19.9. The average Bonchev–Trinajstić information content (AvgIpc) is 3.05. The molecule has 0 saturated carbocycles. The quantitative estimate of drug-likeness (QED) is 0.751. The van der Waals surface area contributed by atoms with E-state index >= 15 is 0 Å². The molecule has 1 N–H and O–H groups in total. The molecule has 2 aromatic carbocycles. The molecule has 1 amide bonds. The fraction of sp³-hybridized carbons (Fsp3) is 0.536. The highest BCUT2D eigenvalue weighted by molar-refractivity contribution is 6.08. The number of hydrogen-bond donors (Lipinski definition) is 1. The van der Waals surface area contributed by atoms with Crippen LogP contribution >= 0.6 is 0 Å². The number of amides is 1. The van der Waals surface area contributed by atoms with Crippen molar-refractivity contribution < 1.29 is 4.79 Å². The second-order valence-corrected chi connectivity index (χ2v) is 10.4. The number of nitrogens with zero attached hydrogens (tertiary/aromatic N) is 2. The van der Waals surface area contributed by atoms with Crippen LogP contribution in [0, 0.1) is 0 Å². The van der Waals surface area contributed by atoms with Gasteiger partial charge in [0.2, 0.25) is 5.91 Å². The highest BCUT2D eigenvalue weighted by Gasteiger charge is 2.50. The monoisotopic (exact) mass is 431 g/mol. The largest absolute Gasteiger partial charge is 0.320 e. The minimum absolute atomic E-state index is 0.119. The minimum atomic E-state index is -0.426. The van der Waals surface area contributed by atoms with Crippen LogP contribution in [0.2, 0.25) is 0 Å². The summed E-state index contributed by atoms with van der Waals surface area (Å²) in [4.78, 5) is 18.7. The van der Waals surface area contributed by atoms with Gasteiger partial charge in [0, 0.05) is 30.4 Å². The van der Waals surface area contributed by atoms with Gasteiger partial charge in [0.05, 0.1) is 5.41 Å². The predicted octanol–water partition coefficient (Wildman–Crippen LogP) is 4.62. The van der Waals surface area contributed by atoms with Gasteiger partial charge < -0.3 is 10.2 Å². The Morgan fingerprint density at radius 3 is 2.44 bits per heavy atom. The smallest absolute Gasteiger partial charge is 0.237 e. The summed E-state index contributed by atoms with van der Waals surface area (Å²) in [6.45, 7) is 7.53. The van der Waals surface area contributed by atoms with E-state index in [-0.39, 0.29) is 5.54 Å². The second-order valence-electron chi connectivity index (χ2n) is 10.4. The van der Waals surface area contributed by atoms with Crippen molar-refractivity contribution in [1.82, 2.24) is 10.2 Å². The summed E-state index contributed by atoms with van der Waals surface area (Å²) in [5.74, 6) is 0.293. The topological polar surface area (TPSA) is 35.6 Å². The van der Waals surface area contributed by atoms with Crippen LogP contribution < -0.4 is 10.2 Å². The first kappa shape index (κ1) is 21.7. The van der Waals surface area contributed by atoms with Gasteiger partial charge >= 0.3 is 0 Å². The molecular weight excluding hydrogens is 394 g/mol. The van der Waals surface area contributed by atoms with Crippen LogP contribution in [0.4, 0.5) is 5.69 Å². The van der Waals surface area contributed by atoms with Gasteiger partial charge in [-0.1, -0.05) is 42.5 Å². The van der Waals surface area contributed by atoms with Gasteiger partial charge in [-0.2, -0.15) is 0 Å². The molecule has 2 heterocycles. The number of carbonyl (C=O) groups is 1. The number of rotatable bonds is 5. The Balaban J connectivity index is 1.37. The second kappa shape index (κ2) is 8.31. The summed E-state index contributed by atoms with van der Waals surface area (Å²) in [6.07, 6.45) is 6.60. The number of hydrogen-bond acceptors (Lipinski definition) is 3. The van der Waals surface area contributed by atoms with Crippen molar-refractivity contribution in [2.24, 2.45) is 0 Å². The number of likely N-dealkylation sites (tertiary alicyclic amines) is 1. The zero-order chi connectivity index (χ0) is 22.3. The van der Waals surface area contributed by atoms with Gasteiger partial charge in [0.1, 0.15) is 0 Å². The summed E-state index contributed by atoms with van der Waals surface area (Å²) in [6, 6.07) is 17.8. The molecule has 170 valence electrons. The Kier molecular flexibility index (Phi) is 5.63. The first-order chi connectivity index (χ1) is 15.5. The van der Waals surface area contributed by atoms with Crippen LogP contribution in [-0.2, 0) is 22.2 Å². The van der Waals surface area contributed by atoms with Crippen LogP contribution in [0.3, 0.4) is 0 Å². The first-order valence-electron chi connectivity index (χ1n) is 12.4. The number of fused-ring (bicyclic) bond motifs is 2. The van der Waals surface area contributed by atoms with E-state index in [9.17, 15) is 4.79 Å². The van der Waals surface area contributed by atoms with Crippen molar-refractivity contribution in [3.63, 3.8) is 0 Å². The molecule has 3 aliphatic rings. The third-order valence-corrected chi connectivity index (χ3v) is 8.56. The molecule has 5 rings (SSSR count). The number of carbonyl (C=O) groups excluding carboxylic acids is 1. The van der Waals surface area contributed by atoms with E-state index in [1.54, 1.807) is 0 Å². The summed E-state index contributed by atoms with van der Waals surface area (Å²) >= 11 is 0. The maximum atomic E-state index is 13.8. The van der Waals surface area contributed by atoms with E-state index in [1.165, 1.54) is 36.0 Å². The fourth-order valence-corrected chi connectivity index (χ4v) is 6.59. The molecule has 0 spiro atoms. The molecule has 0 bridgehead atoms. The van der Waals surface area contributed by atoms with E-state index in [1.807, 2.05) is 7.05 Å². The number of benzene rings is 2. The Morgan fingerprint density at radius 1 is 1.00 bits per heavy atom. The van der Waals surface area contributed by atoms with E-state index in [0.29, 0.717) is 11.9 Å². The van der Waals surface area contributed by atoms with Crippen LogP contribution in [0.5, 0.6) is 0 Å². The first-order valence-corrected chi connectivity index (χ1v) is 12.4. The number of aryl methyl sites for hydroxylation is 1. The molecule has 2 aliphatic heterocycles. The molecular formula is C28H37N3O. The van der Waals surface area contributed by atoms with Gasteiger partial charge in [0.25, 0.3) is 0 Å². The lowest BCUT2D eigenvalue weighted by Gasteiger charge is -2.49.